The Kier molecular flexibility index (Phi) is 2.84. The summed E-state index contributed by atoms with van der Waals surface area (Å²) in [5.74, 6) is 4.22. The first-order chi connectivity index (χ1) is 10.6. The van der Waals surface area contributed by atoms with E-state index in [9.17, 15) is 4.79 Å². The normalized spacial score (nSPS) is 54.9. The van der Waals surface area contributed by atoms with Crippen LogP contribution < -0.4 is 0 Å². The zero-order chi connectivity index (χ0) is 14.9. The fraction of sp³-hybridized carbons (Fsp3) is 0.950. The molecule has 6 aliphatic rings. The molecule has 0 aromatic heterocycles. The minimum absolute atomic E-state index is 0.0707. The number of ether oxygens (including phenoxy) is 1. The van der Waals surface area contributed by atoms with Crippen LogP contribution in [-0.2, 0) is 9.53 Å². The first kappa shape index (κ1) is 13.9. The molecule has 6 bridgehead atoms. The minimum atomic E-state index is -0.0800. The Labute approximate surface area is 134 Å². The maximum Gasteiger partial charge on any atom is 0.312 e. The van der Waals surface area contributed by atoms with E-state index in [0.29, 0.717) is 5.92 Å². The van der Waals surface area contributed by atoms with Crippen molar-refractivity contribution in [3.05, 3.63) is 0 Å². The van der Waals surface area contributed by atoms with Gasteiger partial charge in [0.15, 0.2) is 0 Å². The molecule has 0 heterocycles. The lowest BCUT2D eigenvalue weighted by atomic mass is 9.49. The number of esters is 1. The van der Waals surface area contributed by atoms with Crippen LogP contribution in [0.4, 0.5) is 0 Å². The molecular formula is C20H30O2. The molecule has 2 unspecified atom stereocenters. The van der Waals surface area contributed by atoms with Gasteiger partial charge in [-0.1, -0.05) is 6.92 Å². The van der Waals surface area contributed by atoms with Gasteiger partial charge >= 0.3 is 5.97 Å². The van der Waals surface area contributed by atoms with Crippen LogP contribution in [0.15, 0.2) is 0 Å². The molecule has 0 radical (unpaired) electrons. The molecule has 0 aliphatic heterocycles. The van der Waals surface area contributed by atoms with Crippen molar-refractivity contribution in [2.45, 2.75) is 83.2 Å². The van der Waals surface area contributed by atoms with Crippen LogP contribution in [0.2, 0.25) is 0 Å². The zero-order valence-corrected chi connectivity index (χ0v) is 14.0. The number of rotatable bonds is 3. The van der Waals surface area contributed by atoms with Gasteiger partial charge in [0.05, 0.1) is 5.41 Å². The molecule has 6 fully saturated rings. The number of fused-ring (bicyclic) bond motifs is 2. The van der Waals surface area contributed by atoms with Crippen LogP contribution in [0.5, 0.6) is 0 Å². The lowest BCUT2D eigenvalue weighted by molar-refractivity contribution is -0.193. The highest BCUT2D eigenvalue weighted by atomic mass is 16.6. The average Bonchev–Trinajstić information content (AvgIpc) is 3.07. The van der Waals surface area contributed by atoms with E-state index in [1.165, 1.54) is 38.5 Å². The highest BCUT2D eigenvalue weighted by Gasteiger charge is 2.59. The third-order valence-corrected chi connectivity index (χ3v) is 8.29. The largest absolute Gasteiger partial charge is 0.458 e. The Morgan fingerprint density at radius 1 is 0.909 bits per heavy atom. The highest BCUT2D eigenvalue weighted by molar-refractivity contribution is 5.78. The molecule has 6 saturated carbocycles. The van der Waals surface area contributed by atoms with Crippen molar-refractivity contribution < 1.29 is 9.53 Å². The van der Waals surface area contributed by atoms with Crippen LogP contribution >= 0.6 is 0 Å². The third-order valence-electron chi connectivity index (χ3n) is 8.29. The molecule has 6 rings (SSSR count). The van der Waals surface area contributed by atoms with Gasteiger partial charge < -0.3 is 4.74 Å². The topological polar surface area (TPSA) is 26.3 Å². The predicted octanol–water partition coefficient (Wildman–Crippen LogP) is 4.71. The number of hydrogen-bond acceptors (Lipinski definition) is 2. The second-order valence-corrected chi connectivity index (χ2v) is 9.59. The van der Waals surface area contributed by atoms with Crippen molar-refractivity contribution in [2.75, 3.05) is 0 Å². The number of carbonyl (C=O) groups excluding carboxylic acids is 1. The van der Waals surface area contributed by atoms with Gasteiger partial charge in [-0.3, -0.25) is 4.79 Å². The van der Waals surface area contributed by atoms with Crippen LogP contribution in [-0.4, -0.2) is 11.6 Å². The Balaban J connectivity index is 1.38. The van der Waals surface area contributed by atoms with Crippen LogP contribution in [0.3, 0.4) is 0 Å². The molecule has 6 aliphatic carbocycles. The Morgan fingerprint density at radius 2 is 1.55 bits per heavy atom. The van der Waals surface area contributed by atoms with Crippen molar-refractivity contribution in [1.29, 1.82) is 0 Å². The van der Waals surface area contributed by atoms with Gasteiger partial charge in [-0.05, 0) is 100 Å². The van der Waals surface area contributed by atoms with Crippen LogP contribution in [0, 0.1) is 35.0 Å². The van der Waals surface area contributed by atoms with E-state index in [0.717, 1.165) is 55.8 Å². The second-order valence-electron chi connectivity index (χ2n) is 9.59. The maximum atomic E-state index is 13.3. The first-order valence-corrected chi connectivity index (χ1v) is 9.84. The van der Waals surface area contributed by atoms with E-state index >= 15 is 0 Å². The second kappa shape index (κ2) is 4.51. The molecule has 0 aromatic carbocycles. The van der Waals surface area contributed by atoms with E-state index in [1.54, 1.807) is 0 Å². The summed E-state index contributed by atoms with van der Waals surface area (Å²) in [5, 5.41) is 0. The fourth-order valence-corrected chi connectivity index (χ4v) is 7.68. The van der Waals surface area contributed by atoms with Gasteiger partial charge in [-0.2, -0.15) is 0 Å². The summed E-state index contributed by atoms with van der Waals surface area (Å²) in [7, 11) is 0. The molecule has 22 heavy (non-hydrogen) atoms. The quantitative estimate of drug-likeness (QED) is 0.705. The van der Waals surface area contributed by atoms with Crippen LogP contribution in [0.25, 0.3) is 0 Å². The molecule has 2 nitrogen and oxygen atoms in total. The lowest BCUT2D eigenvalue weighted by Gasteiger charge is -2.56. The molecular weight excluding hydrogens is 272 g/mol. The van der Waals surface area contributed by atoms with Crippen molar-refractivity contribution in [1.82, 2.24) is 0 Å². The third kappa shape index (κ3) is 1.82. The van der Waals surface area contributed by atoms with Crippen molar-refractivity contribution in [2.24, 2.45) is 35.0 Å². The van der Waals surface area contributed by atoms with E-state index in [4.69, 9.17) is 4.74 Å². The van der Waals surface area contributed by atoms with Gasteiger partial charge in [0.25, 0.3) is 0 Å². The zero-order valence-electron chi connectivity index (χ0n) is 14.0. The summed E-state index contributed by atoms with van der Waals surface area (Å²) >= 11 is 0. The Hall–Kier alpha value is -0.530. The van der Waals surface area contributed by atoms with Crippen molar-refractivity contribution in [3.8, 4) is 0 Å². The molecule has 2 heteroatoms. The molecule has 0 amide bonds. The smallest absolute Gasteiger partial charge is 0.312 e. The molecule has 0 N–H and O–H groups in total. The summed E-state index contributed by atoms with van der Waals surface area (Å²) in [6.07, 6.45) is 13.8. The SMILES string of the molecule is CC[C@@]1(OC(=O)C23CC4CC(CC(C4)C2)C3)CC2CCC1C2. The molecule has 0 aromatic rings. The summed E-state index contributed by atoms with van der Waals surface area (Å²) in [6, 6.07) is 0. The van der Waals surface area contributed by atoms with E-state index in [2.05, 4.69) is 6.92 Å². The van der Waals surface area contributed by atoms with E-state index in [1.807, 2.05) is 0 Å². The van der Waals surface area contributed by atoms with E-state index < -0.39 is 0 Å². The molecule has 122 valence electrons. The highest BCUT2D eigenvalue weighted by Crippen LogP contribution is 2.62. The number of carbonyl (C=O) groups is 1. The lowest BCUT2D eigenvalue weighted by Crippen LogP contribution is -2.53. The predicted molar refractivity (Wildman–Crippen MR) is 85.2 cm³/mol. The summed E-state index contributed by atoms with van der Waals surface area (Å²) in [5.41, 5.74) is -0.151. The van der Waals surface area contributed by atoms with Crippen molar-refractivity contribution in [3.63, 3.8) is 0 Å². The average molecular weight is 302 g/mol. The number of hydrogen-bond donors (Lipinski definition) is 0. The van der Waals surface area contributed by atoms with Gasteiger partial charge in [0.2, 0.25) is 0 Å². The van der Waals surface area contributed by atoms with Crippen LogP contribution in [0.1, 0.15) is 77.6 Å². The monoisotopic (exact) mass is 302 g/mol. The Bertz CT molecular complexity index is 461. The Morgan fingerprint density at radius 3 is 2.00 bits per heavy atom. The maximum absolute atomic E-state index is 13.3. The molecule has 0 saturated heterocycles. The fourth-order valence-electron chi connectivity index (χ4n) is 7.68. The van der Waals surface area contributed by atoms with Gasteiger partial charge in [-0.25, -0.2) is 0 Å². The van der Waals surface area contributed by atoms with Gasteiger partial charge in [0, 0.05) is 0 Å². The summed E-state index contributed by atoms with van der Waals surface area (Å²) in [4.78, 5) is 13.3. The van der Waals surface area contributed by atoms with Crippen molar-refractivity contribution >= 4 is 5.97 Å². The van der Waals surface area contributed by atoms with E-state index in [-0.39, 0.29) is 17.0 Å². The van der Waals surface area contributed by atoms with Gasteiger partial charge in [-0.15, -0.1) is 0 Å². The summed E-state index contributed by atoms with van der Waals surface area (Å²) < 4.78 is 6.43. The van der Waals surface area contributed by atoms with Gasteiger partial charge in [0.1, 0.15) is 5.60 Å². The standard InChI is InChI=1S/C20H30O2/c1-2-20(12-13-3-4-17(20)8-13)22-18(21)19-9-14-5-15(10-19)7-16(6-14)11-19/h13-17H,2-12H2,1H3/t13?,14?,15?,16?,17?,19?,20-/m1/s1. The minimum Gasteiger partial charge on any atom is -0.458 e. The summed E-state index contributed by atoms with van der Waals surface area (Å²) in [6.45, 7) is 2.24. The molecule has 3 atom stereocenters. The molecule has 0 spiro atoms. The first-order valence-electron chi connectivity index (χ1n) is 9.84.